The first-order chi connectivity index (χ1) is 9.05. The molecule has 6 nitrogen and oxygen atoms in total. The van der Waals surface area contributed by atoms with Crippen LogP contribution in [0.15, 0.2) is 0 Å². The molecule has 0 aromatic carbocycles. The van der Waals surface area contributed by atoms with Crippen molar-refractivity contribution in [3.8, 4) is 0 Å². The molecule has 2 aliphatic rings. The van der Waals surface area contributed by atoms with Gasteiger partial charge in [0.1, 0.15) is 5.54 Å². The van der Waals surface area contributed by atoms with Gasteiger partial charge in [0.05, 0.1) is 11.5 Å². The molecule has 114 valence electrons. The lowest BCUT2D eigenvalue weighted by Gasteiger charge is -2.60. The van der Waals surface area contributed by atoms with Gasteiger partial charge in [0.2, 0.25) is 11.8 Å². The Morgan fingerprint density at radius 3 is 2.55 bits per heavy atom. The van der Waals surface area contributed by atoms with E-state index < -0.39 is 22.3 Å². The second-order valence-corrected chi connectivity index (χ2v) is 7.21. The Kier molecular flexibility index (Phi) is 3.38. The van der Waals surface area contributed by atoms with Gasteiger partial charge in [-0.2, -0.15) is 0 Å². The second kappa shape index (κ2) is 4.43. The molecule has 0 spiro atoms. The summed E-state index contributed by atoms with van der Waals surface area (Å²) >= 11 is 0. The Labute approximate surface area is 119 Å². The third-order valence-electron chi connectivity index (χ3n) is 5.19. The van der Waals surface area contributed by atoms with Crippen LogP contribution in [0, 0.1) is 16.7 Å². The molecule has 1 heterocycles. The molecule has 2 fully saturated rings. The van der Waals surface area contributed by atoms with Crippen molar-refractivity contribution in [3.63, 3.8) is 0 Å². The van der Waals surface area contributed by atoms with Crippen LogP contribution >= 0.6 is 0 Å². The van der Waals surface area contributed by atoms with E-state index in [1.165, 1.54) is 0 Å². The van der Waals surface area contributed by atoms with E-state index in [0.717, 1.165) is 6.42 Å². The third-order valence-corrected chi connectivity index (χ3v) is 5.19. The fraction of sp³-hybridized carbons (Fsp3) is 0.857. The number of hydrogen-bond donors (Lipinski definition) is 3. The van der Waals surface area contributed by atoms with Crippen molar-refractivity contribution in [1.29, 1.82) is 0 Å². The molecule has 6 heteroatoms. The van der Waals surface area contributed by atoms with Crippen LogP contribution in [0.2, 0.25) is 0 Å². The van der Waals surface area contributed by atoms with Crippen LogP contribution in [-0.4, -0.2) is 36.6 Å². The highest BCUT2D eigenvalue weighted by Crippen LogP contribution is 2.58. The van der Waals surface area contributed by atoms with Crippen LogP contribution in [0.1, 0.15) is 34.1 Å². The highest BCUT2D eigenvalue weighted by molar-refractivity contribution is 5.90. The van der Waals surface area contributed by atoms with E-state index in [-0.39, 0.29) is 24.5 Å². The van der Waals surface area contributed by atoms with Crippen molar-refractivity contribution in [2.75, 3.05) is 13.2 Å². The van der Waals surface area contributed by atoms with Crippen LogP contribution in [0.5, 0.6) is 0 Å². The molecule has 20 heavy (non-hydrogen) atoms. The van der Waals surface area contributed by atoms with Crippen molar-refractivity contribution < 1.29 is 14.3 Å². The minimum absolute atomic E-state index is 0.0439. The minimum atomic E-state index is -0.943. The van der Waals surface area contributed by atoms with Crippen molar-refractivity contribution >= 4 is 11.8 Å². The molecule has 2 rings (SSSR count). The second-order valence-electron chi connectivity index (χ2n) is 7.21. The van der Waals surface area contributed by atoms with Gasteiger partial charge < -0.3 is 21.5 Å². The van der Waals surface area contributed by atoms with Gasteiger partial charge in [0.25, 0.3) is 0 Å². The molecule has 3 atom stereocenters. The van der Waals surface area contributed by atoms with Crippen molar-refractivity contribution in [2.45, 2.75) is 45.8 Å². The summed E-state index contributed by atoms with van der Waals surface area (Å²) in [4.78, 5) is 23.8. The summed E-state index contributed by atoms with van der Waals surface area (Å²) in [6, 6.07) is 0. The summed E-state index contributed by atoms with van der Waals surface area (Å²) in [7, 11) is 0. The Hall–Kier alpha value is -1.14. The first kappa shape index (κ1) is 15.3. The molecule has 0 aromatic heterocycles. The van der Waals surface area contributed by atoms with E-state index in [1.54, 1.807) is 13.8 Å². The monoisotopic (exact) mass is 283 g/mol. The Bertz CT molecular complexity index is 447. The average Bonchev–Trinajstić information content (AvgIpc) is 2.82. The summed E-state index contributed by atoms with van der Waals surface area (Å²) in [5.74, 6) is -0.614. The molecule has 5 N–H and O–H groups in total. The van der Waals surface area contributed by atoms with E-state index in [0.29, 0.717) is 6.61 Å². The molecular formula is C14H25N3O3. The summed E-state index contributed by atoms with van der Waals surface area (Å²) in [5, 5.41) is 2.79. The number of carbonyl (C=O) groups is 2. The Morgan fingerprint density at radius 1 is 1.40 bits per heavy atom. The van der Waals surface area contributed by atoms with Gasteiger partial charge in [-0.1, -0.05) is 13.8 Å². The number of carbonyl (C=O) groups excluding carboxylic acids is 2. The van der Waals surface area contributed by atoms with Gasteiger partial charge in [-0.3, -0.25) is 9.59 Å². The zero-order valence-electron chi connectivity index (χ0n) is 12.7. The lowest BCUT2D eigenvalue weighted by molar-refractivity contribution is -0.175. The highest BCUT2D eigenvalue weighted by Gasteiger charge is 2.71. The van der Waals surface area contributed by atoms with Crippen LogP contribution < -0.4 is 16.8 Å². The number of ether oxygens (including phenoxy) is 1. The van der Waals surface area contributed by atoms with Gasteiger partial charge >= 0.3 is 0 Å². The Morgan fingerprint density at radius 2 is 2.00 bits per heavy atom. The highest BCUT2D eigenvalue weighted by atomic mass is 16.5. The molecule has 0 bridgehead atoms. The third kappa shape index (κ3) is 1.85. The SMILES string of the molecule is CC(C)(CNC(=O)C1(N)C2CCOC2C1(C)C)C(N)=O. The number of primary amides is 1. The Balaban J connectivity index is 2.08. The van der Waals surface area contributed by atoms with E-state index in [4.69, 9.17) is 16.2 Å². The summed E-state index contributed by atoms with van der Waals surface area (Å²) in [6.45, 7) is 8.15. The van der Waals surface area contributed by atoms with Gasteiger partial charge in [0, 0.05) is 24.5 Å². The van der Waals surface area contributed by atoms with Gasteiger partial charge in [0.15, 0.2) is 0 Å². The molecule has 1 saturated heterocycles. The van der Waals surface area contributed by atoms with Gasteiger partial charge in [-0.05, 0) is 20.3 Å². The van der Waals surface area contributed by atoms with E-state index >= 15 is 0 Å². The van der Waals surface area contributed by atoms with Crippen molar-refractivity contribution in [1.82, 2.24) is 5.32 Å². The van der Waals surface area contributed by atoms with E-state index in [9.17, 15) is 9.59 Å². The predicted octanol–water partition coefficient (Wildman–Crippen LogP) is -0.243. The van der Waals surface area contributed by atoms with Gasteiger partial charge in [-0.15, -0.1) is 0 Å². The topological polar surface area (TPSA) is 107 Å². The molecule has 0 aromatic rings. The zero-order valence-corrected chi connectivity index (χ0v) is 12.7. The fourth-order valence-electron chi connectivity index (χ4n) is 3.38. The standard InChI is InChI=1S/C14H25N3O3/c1-12(2,10(15)18)7-17-11(19)14(16)8-5-6-20-9(8)13(14,3)4/h8-9H,5-7,16H2,1-4H3,(H2,15,18)(H,17,19). The lowest BCUT2D eigenvalue weighted by Crippen LogP contribution is -2.80. The first-order valence-corrected chi connectivity index (χ1v) is 7.04. The first-order valence-electron chi connectivity index (χ1n) is 7.04. The number of nitrogens with two attached hydrogens (primary N) is 2. The number of amides is 2. The van der Waals surface area contributed by atoms with Crippen LogP contribution in [0.4, 0.5) is 0 Å². The molecule has 2 amide bonds. The largest absolute Gasteiger partial charge is 0.377 e. The van der Waals surface area contributed by atoms with E-state index in [1.807, 2.05) is 13.8 Å². The molecular weight excluding hydrogens is 258 g/mol. The molecule has 0 radical (unpaired) electrons. The quantitative estimate of drug-likeness (QED) is 0.661. The smallest absolute Gasteiger partial charge is 0.241 e. The maximum Gasteiger partial charge on any atom is 0.241 e. The number of nitrogens with one attached hydrogen (secondary N) is 1. The number of rotatable bonds is 4. The molecule has 1 saturated carbocycles. The zero-order chi connectivity index (χ0) is 15.3. The fourth-order valence-corrected chi connectivity index (χ4v) is 3.38. The molecule has 3 unspecified atom stereocenters. The number of hydrogen-bond acceptors (Lipinski definition) is 4. The predicted molar refractivity (Wildman–Crippen MR) is 74.5 cm³/mol. The normalized spacial score (nSPS) is 35.0. The maximum atomic E-state index is 12.5. The van der Waals surface area contributed by atoms with Crippen LogP contribution in [0.25, 0.3) is 0 Å². The number of fused-ring (bicyclic) bond motifs is 1. The lowest BCUT2D eigenvalue weighted by atomic mass is 9.48. The maximum absolute atomic E-state index is 12.5. The van der Waals surface area contributed by atoms with E-state index in [2.05, 4.69) is 5.32 Å². The summed E-state index contributed by atoms with van der Waals surface area (Å²) in [5.41, 5.74) is 9.58. The van der Waals surface area contributed by atoms with Crippen LogP contribution in [0.3, 0.4) is 0 Å². The van der Waals surface area contributed by atoms with Crippen molar-refractivity contribution in [3.05, 3.63) is 0 Å². The summed E-state index contributed by atoms with van der Waals surface area (Å²) in [6.07, 6.45) is 0.847. The van der Waals surface area contributed by atoms with Crippen molar-refractivity contribution in [2.24, 2.45) is 28.2 Å². The average molecular weight is 283 g/mol. The summed E-state index contributed by atoms with van der Waals surface area (Å²) < 4.78 is 5.66. The van der Waals surface area contributed by atoms with Crippen LogP contribution in [-0.2, 0) is 14.3 Å². The van der Waals surface area contributed by atoms with Gasteiger partial charge in [-0.25, -0.2) is 0 Å². The molecule has 1 aliphatic carbocycles. The minimum Gasteiger partial charge on any atom is -0.377 e. The molecule has 1 aliphatic heterocycles.